The average molecular weight is 364 g/mol. The van der Waals surface area contributed by atoms with E-state index in [1.807, 2.05) is 6.92 Å². The molecule has 2 aromatic rings. The maximum absolute atomic E-state index is 12.7. The van der Waals surface area contributed by atoms with E-state index in [1.165, 1.54) is 6.07 Å². The molecule has 1 aromatic heterocycles. The fraction of sp³-hybridized carbons (Fsp3) is 0.385. The zero-order valence-corrected chi connectivity index (χ0v) is 12.8. The Hall–Kier alpha value is -1.41. The lowest BCUT2D eigenvalue weighted by molar-refractivity contribution is -0.137. The first-order valence-corrected chi connectivity index (χ1v) is 7.11. The lowest BCUT2D eigenvalue weighted by Gasteiger charge is -2.08. The number of benzene rings is 1. The van der Waals surface area contributed by atoms with E-state index in [0.29, 0.717) is 16.9 Å². The summed E-state index contributed by atoms with van der Waals surface area (Å²) in [6.07, 6.45) is -3.46. The van der Waals surface area contributed by atoms with E-state index in [4.69, 9.17) is 4.42 Å². The molecular formula is C13H13BrF3N3O. The Bertz CT molecular complexity index is 613. The number of hydrogen-bond acceptors (Lipinski definition) is 4. The predicted octanol–water partition coefficient (Wildman–Crippen LogP) is 4.02. The van der Waals surface area contributed by atoms with Crippen LogP contribution in [0.15, 0.2) is 27.1 Å². The van der Waals surface area contributed by atoms with Gasteiger partial charge in [-0.1, -0.05) is 6.92 Å². The summed E-state index contributed by atoms with van der Waals surface area (Å²) < 4.78 is 44.1. The Labute approximate surface area is 127 Å². The number of rotatable bonds is 5. The van der Waals surface area contributed by atoms with Gasteiger partial charge in [0.1, 0.15) is 0 Å². The van der Waals surface area contributed by atoms with Crippen LogP contribution in [0.3, 0.4) is 0 Å². The van der Waals surface area contributed by atoms with Gasteiger partial charge >= 0.3 is 6.18 Å². The fourth-order valence-electron chi connectivity index (χ4n) is 1.67. The molecule has 0 bridgehead atoms. The molecule has 0 saturated carbocycles. The van der Waals surface area contributed by atoms with E-state index in [-0.39, 0.29) is 11.5 Å². The molecule has 8 heteroatoms. The van der Waals surface area contributed by atoms with Crippen molar-refractivity contribution in [2.75, 3.05) is 6.54 Å². The molecule has 0 atom stereocenters. The van der Waals surface area contributed by atoms with E-state index in [1.54, 1.807) is 0 Å². The monoisotopic (exact) mass is 363 g/mol. The summed E-state index contributed by atoms with van der Waals surface area (Å²) >= 11 is 3.20. The van der Waals surface area contributed by atoms with Gasteiger partial charge in [0.05, 0.1) is 17.7 Å². The summed E-state index contributed by atoms with van der Waals surface area (Å²) in [6, 6.07) is 3.30. The van der Waals surface area contributed by atoms with Crippen molar-refractivity contribution in [2.45, 2.75) is 26.1 Å². The number of nitrogens with one attached hydrogen (secondary N) is 1. The highest BCUT2D eigenvalue weighted by atomic mass is 79.9. The van der Waals surface area contributed by atoms with Gasteiger partial charge in [-0.2, -0.15) is 13.2 Å². The first-order valence-electron chi connectivity index (χ1n) is 6.32. The van der Waals surface area contributed by atoms with Gasteiger partial charge in [-0.25, -0.2) is 0 Å². The molecule has 0 aliphatic carbocycles. The first kappa shape index (κ1) is 16.0. The SMILES string of the molecule is CCCNCc1nnc(-c2cc(C(F)(F)F)ccc2Br)o1. The molecule has 0 saturated heterocycles. The van der Waals surface area contributed by atoms with E-state index in [9.17, 15) is 13.2 Å². The van der Waals surface area contributed by atoms with E-state index >= 15 is 0 Å². The van der Waals surface area contributed by atoms with Gasteiger partial charge in [0.2, 0.25) is 11.8 Å². The molecular weight excluding hydrogens is 351 g/mol. The third-order valence-electron chi connectivity index (χ3n) is 2.69. The molecule has 0 aliphatic heterocycles. The molecule has 0 amide bonds. The lowest BCUT2D eigenvalue weighted by atomic mass is 10.1. The van der Waals surface area contributed by atoms with Crippen LogP contribution in [-0.2, 0) is 12.7 Å². The summed E-state index contributed by atoms with van der Waals surface area (Å²) in [4.78, 5) is 0. The molecule has 4 nitrogen and oxygen atoms in total. The Morgan fingerprint density at radius 1 is 1.29 bits per heavy atom. The number of halogens is 4. The number of alkyl halides is 3. The van der Waals surface area contributed by atoms with Crippen LogP contribution in [0.1, 0.15) is 24.8 Å². The smallest absolute Gasteiger partial charge is 0.416 e. The Kier molecular flexibility index (Phi) is 5.00. The number of aromatic nitrogens is 2. The van der Waals surface area contributed by atoms with Crippen molar-refractivity contribution < 1.29 is 17.6 Å². The number of nitrogens with zero attached hydrogens (tertiary/aromatic N) is 2. The molecule has 114 valence electrons. The van der Waals surface area contributed by atoms with Gasteiger partial charge in [-0.3, -0.25) is 0 Å². The molecule has 0 unspecified atom stereocenters. The van der Waals surface area contributed by atoms with Crippen molar-refractivity contribution in [1.82, 2.24) is 15.5 Å². The Morgan fingerprint density at radius 2 is 2.05 bits per heavy atom. The van der Waals surface area contributed by atoms with Gasteiger partial charge in [-0.05, 0) is 47.1 Å². The molecule has 1 N–H and O–H groups in total. The summed E-state index contributed by atoms with van der Waals surface area (Å²) in [7, 11) is 0. The molecule has 0 spiro atoms. The highest BCUT2D eigenvalue weighted by Gasteiger charge is 2.31. The third-order valence-corrected chi connectivity index (χ3v) is 3.39. The second-order valence-corrected chi connectivity index (χ2v) is 5.22. The van der Waals surface area contributed by atoms with Crippen molar-refractivity contribution in [1.29, 1.82) is 0 Å². The maximum Gasteiger partial charge on any atom is 0.416 e. The van der Waals surface area contributed by atoms with Crippen molar-refractivity contribution in [3.63, 3.8) is 0 Å². The zero-order chi connectivity index (χ0) is 15.5. The van der Waals surface area contributed by atoms with E-state index in [2.05, 4.69) is 31.4 Å². The molecule has 0 radical (unpaired) electrons. The predicted molar refractivity (Wildman–Crippen MR) is 74.4 cm³/mol. The second kappa shape index (κ2) is 6.57. The highest BCUT2D eigenvalue weighted by Crippen LogP contribution is 2.35. The standard InChI is InChI=1S/C13H13BrF3N3O/c1-2-5-18-7-11-19-20-12(21-11)9-6-8(13(15,16)17)3-4-10(9)14/h3-4,6,18H,2,5,7H2,1H3. The quantitative estimate of drug-likeness (QED) is 0.815. The van der Waals surface area contributed by atoms with Crippen LogP contribution in [0.2, 0.25) is 0 Å². The highest BCUT2D eigenvalue weighted by molar-refractivity contribution is 9.10. The first-order chi connectivity index (χ1) is 9.91. The average Bonchev–Trinajstić information content (AvgIpc) is 2.87. The van der Waals surface area contributed by atoms with Gasteiger partial charge < -0.3 is 9.73 Å². The van der Waals surface area contributed by atoms with Crippen LogP contribution in [0.4, 0.5) is 13.2 Å². The Morgan fingerprint density at radius 3 is 2.71 bits per heavy atom. The maximum atomic E-state index is 12.7. The van der Waals surface area contributed by atoms with Crippen LogP contribution in [0, 0.1) is 0 Å². The van der Waals surface area contributed by atoms with Gasteiger partial charge in [-0.15, -0.1) is 10.2 Å². The largest absolute Gasteiger partial charge is 0.419 e. The minimum absolute atomic E-state index is 0.0567. The van der Waals surface area contributed by atoms with Gasteiger partial charge in [0, 0.05) is 4.47 Å². The molecule has 1 heterocycles. The summed E-state index contributed by atoms with van der Waals surface area (Å²) in [6.45, 7) is 3.20. The Balaban J connectivity index is 2.25. The summed E-state index contributed by atoms with van der Waals surface area (Å²) in [5, 5.41) is 10.7. The van der Waals surface area contributed by atoms with Crippen LogP contribution >= 0.6 is 15.9 Å². The zero-order valence-electron chi connectivity index (χ0n) is 11.2. The fourth-order valence-corrected chi connectivity index (χ4v) is 2.09. The third kappa shape index (κ3) is 4.04. The minimum Gasteiger partial charge on any atom is -0.419 e. The van der Waals surface area contributed by atoms with Crippen LogP contribution < -0.4 is 5.32 Å². The topological polar surface area (TPSA) is 51.0 Å². The van der Waals surface area contributed by atoms with Crippen molar-refractivity contribution in [3.05, 3.63) is 34.1 Å². The van der Waals surface area contributed by atoms with E-state index in [0.717, 1.165) is 25.1 Å². The van der Waals surface area contributed by atoms with Crippen molar-refractivity contribution in [3.8, 4) is 11.5 Å². The van der Waals surface area contributed by atoms with Gasteiger partial charge in [0.15, 0.2) is 0 Å². The van der Waals surface area contributed by atoms with Crippen LogP contribution in [-0.4, -0.2) is 16.7 Å². The normalized spacial score (nSPS) is 11.9. The van der Waals surface area contributed by atoms with Crippen LogP contribution in [0.25, 0.3) is 11.5 Å². The summed E-state index contributed by atoms with van der Waals surface area (Å²) in [5.41, 5.74) is -0.538. The lowest BCUT2D eigenvalue weighted by Crippen LogP contribution is -2.13. The molecule has 21 heavy (non-hydrogen) atoms. The molecule has 0 fully saturated rings. The second-order valence-electron chi connectivity index (χ2n) is 4.37. The van der Waals surface area contributed by atoms with Crippen molar-refractivity contribution in [2.24, 2.45) is 0 Å². The van der Waals surface area contributed by atoms with E-state index < -0.39 is 11.7 Å². The molecule has 1 aromatic carbocycles. The van der Waals surface area contributed by atoms with Crippen LogP contribution in [0.5, 0.6) is 0 Å². The van der Waals surface area contributed by atoms with Gasteiger partial charge in [0.25, 0.3) is 0 Å². The minimum atomic E-state index is -4.42. The van der Waals surface area contributed by atoms with Crippen molar-refractivity contribution >= 4 is 15.9 Å². The molecule has 0 aliphatic rings. The summed E-state index contributed by atoms with van der Waals surface area (Å²) in [5.74, 6) is 0.393. The number of hydrogen-bond donors (Lipinski definition) is 1. The molecule has 2 rings (SSSR count).